The number of nitrogens with one attached hydrogen (secondary N) is 1. The van der Waals surface area contributed by atoms with Crippen molar-refractivity contribution >= 4 is 40.0 Å². The van der Waals surface area contributed by atoms with E-state index in [0.717, 1.165) is 53.2 Å². The molecule has 0 atom stereocenters. The lowest BCUT2D eigenvalue weighted by Crippen LogP contribution is -2.36. The molecule has 1 N–H and O–H groups in total. The highest BCUT2D eigenvalue weighted by Gasteiger charge is 2.20. The quantitative estimate of drug-likeness (QED) is 0.689. The van der Waals surface area contributed by atoms with Crippen molar-refractivity contribution in [2.45, 2.75) is 13.3 Å². The summed E-state index contributed by atoms with van der Waals surface area (Å²) in [6.07, 6.45) is 2.65. The molecule has 0 spiro atoms. The van der Waals surface area contributed by atoms with Gasteiger partial charge in [0.2, 0.25) is 5.91 Å². The van der Waals surface area contributed by atoms with Crippen molar-refractivity contribution in [3.05, 3.63) is 51.2 Å². The molecule has 1 fully saturated rings. The third kappa shape index (κ3) is 5.17. The van der Waals surface area contributed by atoms with Crippen LogP contribution in [-0.2, 0) is 4.79 Å². The summed E-state index contributed by atoms with van der Waals surface area (Å²) in [5, 5.41) is 12.3. The number of carbonyl (C=O) groups excluding carboxylic acids is 1. The minimum atomic E-state index is 0.00306. The fourth-order valence-corrected chi connectivity index (χ4v) is 3.88. The van der Waals surface area contributed by atoms with Crippen molar-refractivity contribution in [3.63, 3.8) is 0 Å². The van der Waals surface area contributed by atoms with Crippen LogP contribution < -0.4 is 10.2 Å². The summed E-state index contributed by atoms with van der Waals surface area (Å²) in [5.74, 6) is 0.740. The highest BCUT2D eigenvalue weighted by Crippen LogP contribution is 2.19. The monoisotopic (exact) mass is 475 g/mol. The maximum Gasteiger partial charge on any atom is 0.238 e. The molecule has 6 nitrogen and oxygen atoms in total. The number of rotatable bonds is 4. The Labute approximate surface area is 173 Å². The number of amides is 1. The van der Waals surface area contributed by atoms with Crippen LogP contribution in [0.4, 0.5) is 11.5 Å². The molecule has 0 aliphatic carbocycles. The third-order valence-electron chi connectivity index (χ3n) is 4.62. The van der Waals surface area contributed by atoms with Crippen molar-refractivity contribution in [1.82, 2.24) is 9.88 Å². The Morgan fingerprint density at radius 2 is 2.15 bits per heavy atom. The van der Waals surface area contributed by atoms with Crippen molar-refractivity contribution in [2.24, 2.45) is 0 Å². The molecule has 1 aromatic carbocycles. The summed E-state index contributed by atoms with van der Waals surface area (Å²) < 4.78 is 1.15. The molecule has 0 unspecified atom stereocenters. The van der Waals surface area contributed by atoms with E-state index in [-0.39, 0.29) is 5.91 Å². The van der Waals surface area contributed by atoms with Crippen molar-refractivity contribution in [1.29, 1.82) is 5.26 Å². The Morgan fingerprint density at radius 1 is 1.30 bits per heavy atom. The van der Waals surface area contributed by atoms with E-state index in [0.29, 0.717) is 12.1 Å². The number of anilines is 2. The molecule has 2 aromatic rings. The highest BCUT2D eigenvalue weighted by molar-refractivity contribution is 14.1. The van der Waals surface area contributed by atoms with Crippen LogP contribution in [-0.4, -0.2) is 48.5 Å². The first kappa shape index (κ1) is 19.6. The van der Waals surface area contributed by atoms with Gasteiger partial charge >= 0.3 is 0 Å². The van der Waals surface area contributed by atoms with Crippen LogP contribution in [0.15, 0.2) is 36.5 Å². The second-order valence-electron chi connectivity index (χ2n) is 6.61. The highest BCUT2D eigenvalue weighted by atomic mass is 127. The number of carbonyl (C=O) groups is 1. The lowest BCUT2D eigenvalue weighted by Gasteiger charge is -2.23. The number of aryl methyl sites for hydroxylation is 1. The minimum Gasteiger partial charge on any atom is -0.354 e. The van der Waals surface area contributed by atoms with E-state index in [1.54, 1.807) is 18.3 Å². The molecule has 27 heavy (non-hydrogen) atoms. The first-order valence-electron chi connectivity index (χ1n) is 8.95. The second kappa shape index (κ2) is 9.15. The van der Waals surface area contributed by atoms with E-state index in [4.69, 9.17) is 0 Å². The number of halogens is 1. The number of nitrogens with zero attached hydrogens (tertiary/aromatic N) is 4. The molecule has 1 aliphatic rings. The van der Waals surface area contributed by atoms with E-state index in [1.165, 1.54) is 0 Å². The third-order valence-corrected chi connectivity index (χ3v) is 5.30. The Balaban J connectivity index is 1.58. The summed E-state index contributed by atoms with van der Waals surface area (Å²) in [5.41, 5.74) is 2.53. The van der Waals surface area contributed by atoms with Crippen molar-refractivity contribution < 1.29 is 4.79 Å². The molecule has 1 amide bonds. The summed E-state index contributed by atoms with van der Waals surface area (Å²) in [7, 11) is 0. The van der Waals surface area contributed by atoms with Gasteiger partial charge in [0.25, 0.3) is 0 Å². The van der Waals surface area contributed by atoms with Gasteiger partial charge in [0.15, 0.2) is 0 Å². The molecule has 7 heteroatoms. The van der Waals surface area contributed by atoms with Crippen LogP contribution in [0, 0.1) is 21.8 Å². The molecule has 1 saturated heterocycles. The van der Waals surface area contributed by atoms with Gasteiger partial charge in [-0.2, -0.15) is 5.26 Å². The summed E-state index contributed by atoms with van der Waals surface area (Å²) in [6, 6.07) is 11.8. The van der Waals surface area contributed by atoms with Crippen LogP contribution in [0.5, 0.6) is 0 Å². The molecule has 1 aromatic heterocycles. The largest absolute Gasteiger partial charge is 0.354 e. The predicted molar refractivity (Wildman–Crippen MR) is 115 cm³/mol. The van der Waals surface area contributed by atoms with Crippen LogP contribution in [0.1, 0.15) is 17.5 Å². The Kier molecular flexibility index (Phi) is 6.63. The Hall–Kier alpha value is -2.18. The average molecular weight is 475 g/mol. The van der Waals surface area contributed by atoms with Gasteiger partial charge in [-0.1, -0.05) is 0 Å². The summed E-state index contributed by atoms with van der Waals surface area (Å²) in [4.78, 5) is 21.1. The lowest BCUT2D eigenvalue weighted by atomic mass is 10.2. The normalized spacial score (nSPS) is 15.1. The van der Waals surface area contributed by atoms with Gasteiger partial charge in [0.05, 0.1) is 12.1 Å². The first-order chi connectivity index (χ1) is 13.1. The molecule has 2 heterocycles. The van der Waals surface area contributed by atoms with E-state index >= 15 is 0 Å². The van der Waals surface area contributed by atoms with Gasteiger partial charge < -0.3 is 10.2 Å². The number of hydrogen-bond acceptors (Lipinski definition) is 5. The Bertz CT molecular complexity index is 864. The van der Waals surface area contributed by atoms with Crippen molar-refractivity contribution in [2.75, 3.05) is 42.9 Å². The molecule has 140 valence electrons. The van der Waals surface area contributed by atoms with Gasteiger partial charge in [-0.3, -0.25) is 9.69 Å². The molecule has 0 bridgehead atoms. The number of benzene rings is 1. The number of pyridine rings is 1. The van der Waals surface area contributed by atoms with Gasteiger partial charge in [-0.05, 0) is 71.8 Å². The standard InChI is InChI=1S/C20H22IN5O/c1-15-12-17(21)5-6-18(15)24-19(27)14-25-8-3-9-26(11-10-25)20-16(13-22)4-2-7-23-20/h2,4-7,12H,3,8-11,14H2,1H3,(H,24,27). The first-order valence-corrected chi connectivity index (χ1v) is 10.0. The molecule has 3 rings (SSSR count). The SMILES string of the molecule is Cc1cc(I)ccc1NC(=O)CN1CCCN(c2ncccc2C#N)CC1. The number of nitriles is 1. The fourth-order valence-electron chi connectivity index (χ4n) is 3.24. The fraction of sp³-hybridized carbons (Fsp3) is 0.350. The van der Waals surface area contributed by atoms with Crippen LogP contribution in [0.2, 0.25) is 0 Å². The summed E-state index contributed by atoms with van der Waals surface area (Å²) >= 11 is 2.27. The van der Waals surface area contributed by atoms with Crippen LogP contribution >= 0.6 is 22.6 Å². The van der Waals surface area contributed by atoms with Gasteiger partial charge in [0, 0.05) is 41.6 Å². The molecule has 0 radical (unpaired) electrons. The summed E-state index contributed by atoms with van der Waals surface area (Å²) in [6.45, 7) is 5.57. The second-order valence-corrected chi connectivity index (χ2v) is 7.86. The van der Waals surface area contributed by atoms with Crippen LogP contribution in [0.25, 0.3) is 0 Å². The number of aromatic nitrogens is 1. The molecule has 1 aliphatic heterocycles. The maximum atomic E-state index is 12.5. The van der Waals surface area contributed by atoms with E-state index in [2.05, 4.69) is 54.8 Å². The minimum absolute atomic E-state index is 0.00306. The zero-order valence-corrected chi connectivity index (χ0v) is 17.4. The van der Waals surface area contributed by atoms with E-state index < -0.39 is 0 Å². The Morgan fingerprint density at radius 3 is 2.93 bits per heavy atom. The zero-order valence-electron chi connectivity index (χ0n) is 15.3. The topological polar surface area (TPSA) is 72.3 Å². The number of hydrogen-bond donors (Lipinski definition) is 1. The smallest absolute Gasteiger partial charge is 0.238 e. The van der Waals surface area contributed by atoms with E-state index in [9.17, 15) is 10.1 Å². The van der Waals surface area contributed by atoms with Crippen LogP contribution in [0.3, 0.4) is 0 Å². The molecular formula is C20H22IN5O. The lowest BCUT2D eigenvalue weighted by molar-refractivity contribution is -0.117. The van der Waals surface area contributed by atoms with E-state index in [1.807, 2.05) is 19.1 Å². The van der Waals surface area contributed by atoms with Gasteiger partial charge in [-0.15, -0.1) is 0 Å². The molecular weight excluding hydrogens is 453 g/mol. The van der Waals surface area contributed by atoms with Crippen molar-refractivity contribution in [3.8, 4) is 6.07 Å². The zero-order chi connectivity index (χ0) is 19.2. The van der Waals surface area contributed by atoms with Gasteiger partial charge in [-0.25, -0.2) is 4.98 Å². The molecule has 0 saturated carbocycles. The maximum absolute atomic E-state index is 12.5. The predicted octanol–water partition coefficient (Wildman–Crippen LogP) is 3.02. The average Bonchev–Trinajstić information content (AvgIpc) is 2.89. The van der Waals surface area contributed by atoms with Gasteiger partial charge in [0.1, 0.15) is 11.9 Å².